The highest BCUT2D eigenvalue weighted by molar-refractivity contribution is 6.36. The molecule has 0 aromatic heterocycles. The predicted molar refractivity (Wildman–Crippen MR) is 127 cm³/mol. The lowest BCUT2D eigenvalue weighted by molar-refractivity contribution is -0.140. The van der Waals surface area contributed by atoms with E-state index < -0.39 is 6.04 Å². The molecule has 0 heterocycles. The molecule has 1 aliphatic rings. The van der Waals surface area contributed by atoms with Gasteiger partial charge in [-0.1, -0.05) is 79.4 Å². The van der Waals surface area contributed by atoms with E-state index in [0.717, 1.165) is 31.2 Å². The number of halogens is 2. The first-order valence-electron chi connectivity index (χ1n) is 11.1. The second-order valence-corrected chi connectivity index (χ2v) is 8.93. The Hall–Kier alpha value is -2.04. The van der Waals surface area contributed by atoms with Gasteiger partial charge in [0.25, 0.3) is 0 Å². The van der Waals surface area contributed by atoms with E-state index in [9.17, 15) is 9.59 Å². The normalized spacial score (nSPS) is 14.9. The molecule has 0 bridgehead atoms. The quantitative estimate of drug-likeness (QED) is 0.540. The van der Waals surface area contributed by atoms with Crippen LogP contribution in [-0.2, 0) is 22.4 Å². The number of benzene rings is 2. The van der Waals surface area contributed by atoms with E-state index >= 15 is 0 Å². The summed E-state index contributed by atoms with van der Waals surface area (Å²) in [5, 5.41) is 4.10. The minimum atomic E-state index is -0.516. The first-order valence-corrected chi connectivity index (χ1v) is 11.8. The maximum Gasteiger partial charge on any atom is 0.243 e. The topological polar surface area (TPSA) is 49.4 Å². The predicted octanol–water partition coefficient (Wildman–Crippen LogP) is 5.44. The van der Waals surface area contributed by atoms with Gasteiger partial charge >= 0.3 is 0 Å². The highest BCUT2D eigenvalue weighted by Crippen LogP contribution is 2.26. The average molecular weight is 461 g/mol. The molecule has 0 saturated heterocycles. The smallest absolute Gasteiger partial charge is 0.243 e. The van der Waals surface area contributed by atoms with Gasteiger partial charge in [0.15, 0.2) is 0 Å². The first kappa shape index (κ1) is 23.6. The van der Waals surface area contributed by atoms with Crippen molar-refractivity contribution in [2.45, 2.75) is 64.0 Å². The Bertz CT molecular complexity index is 862. The Balaban J connectivity index is 1.79. The van der Waals surface area contributed by atoms with Gasteiger partial charge in [0.1, 0.15) is 6.04 Å². The van der Waals surface area contributed by atoms with Gasteiger partial charge in [0.2, 0.25) is 11.8 Å². The van der Waals surface area contributed by atoms with Gasteiger partial charge in [-0.2, -0.15) is 0 Å². The minimum Gasteiger partial charge on any atom is -0.352 e. The Labute approximate surface area is 194 Å². The van der Waals surface area contributed by atoms with Crippen LogP contribution in [0.2, 0.25) is 10.0 Å². The lowest BCUT2D eigenvalue weighted by atomic mass is 10.1. The van der Waals surface area contributed by atoms with Gasteiger partial charge in [-0.25, -0.2) is 0 Å². The first-order chi connectivity index (χ1) is 15.0. The van der Waals surface area contributed by atoms with E-state index in [2.05, 4.69) is 5.32 Å². The standard InChI is InChI=1S/C25H30Cl2N2O2/c1-2-23(25(31)28-19-11-6-7-12-19)29(16-15-18-9-4-3-5-10-18)24(30)17-20-21(26)13-8-14-22(20)27/h3-5,8-10,13-14,19,23H,2,6-7,11-12,15-17H2,1H3,(H,28,31). The number of rotatable bonds is 9. The molecule has 6 heteroatoms. The summed E-state index contributed by atoms with van der Waals surface area (Å²) in [4.78, 5) is 28.2. The van der Waals surface area contributed by atoms with Crippen LogP contribution in [0.3, 0.4) is 0 Å². The number of carbonyl (C=O) groups excluding carboxylic acids is 2. The molecule has 2 aromatic rings. The highest BCUT2D eigenvalue weighted by Gasteiger charge is 2.30. The molecule has 2 amide bonds. The lowest BCUT2D eigenvalue weighted by Crippen LogP contribution is -2.52. The van der Waals surface area contributed by atoms with Gasteiger partial charge in [-0.3, -0.25) is 9.59 Å². The van der Waals surface area contributed by atoms with Crippen LogP contribution in [0.4, 0.5) is 0 Å². The van der Waals surface area contributed by atoms with Crippen LogP contribution < -0.4 is 5.32 Å². The summed E-state index contributed by atoms with van der Waals surface area (Å²) in [5.74, 6) is -0.208. The molecule has 1 unspecified atom stereocenters. The van der Waals surface area contributed by atoms with Gasteiger partial charge in [-0.05, 0) is 48.9 Å². The molecule has 0 radical (unpaired) electrons. The fraction of sp³-hybridized carbons (Fsp3) is 0.440. The SMILES string of the molecule is CCC(C(=O)NC1CCCC1)N(CCc1ccccc1)C(=O)Cc1c(Cl)cccc1Cl. The van der Waals surface area contributed by atoms with Crippen molar-refractivity contribution in [3.63, 3.8) is 0 Å². The van der Waals surface area contributed by atoms with Gasteiger partial charge in [-0.15, -0.1) is 0 Å². The number of hydrogen-bond donors (Lipinski definition) is 1. The van der Waals surface area contributed by atoms with Crippen molar-refractivity contribution in [2.75, 3.05) is 6.54 Å². The molecule has 1 fully saturated rings. The van der Waals surface area contributed by atoms with Crippen LogP contribution in [0, 0.1) is 0 Å². The van der Waals surface area contributed by atoms with E-state index in [4.69, 9.17) is 23.2 Å². The van der Waals surface area contributed by atoms with Crippen molar-refractivity contribution < 1.29 is 9.59 Å². The van der Waals surface area contributed by atoms with E-state index in [1.54, 1.807) is 23.1 Å². The number of nitrogens with zero attached hydrogens (tertiary/aromatic N) is 1. The van der Waals surface area contributed by atoms with Crippen molar-refractivity contribution in [2.24, 2.45) is 0 Å². The highest BCUT2D eigenvalue weighted by atomic mass is 35.5. The third-order valence-corrected chi connectivity index (χ3v) is 6.67. The Morgan fingerprint density at radius 1 is 1.03 bits per heavy atom. The van der Waals surface area contributed by atoms with Crippen LogP contribution in [0.5, 0.6) is 0 Å². The molecule has 1 N–H and O–H groups in total. The summed E-state index contributed by atoms with van der Waals surface area (Å²) in [5.41, 5.74) is 1.73. The van der Waals surface area contributed by atoms with Crippen LogP contribution in [0.1, 0.15) is 50.2 Å². The molecule has 0 aliphatic heterocycles. The molecule has 31 heavy (non-hydrogen) atoms. The zero-order valence-corrected chi connectivity index (χ0v) is 19.5. The molecule has 1 saturated carbocycles. The van der Waals surface area contributed by atoms with Crippen LogP contribution in [0.15, 0.2) is 48.5 Å². The maximum atomic E-state index is 13.4. The van der Waals surface area contributed by atoms with Crippen molar-refractivity contribution in [3.05, 3.63) is 69.7 Å². The molecule has 166 valence electrons. The van der Waals surface area contributed by atoms with Crippen molar-refractivity contribution in [1.29, 1.82) is 0 Å². The third-order valence-electron chi connectivity index (χ3n) is 5.96. The number of carbonyl (C=O) groups is 2. The molecule has 4 nitrogen and oxygen atoms in total. The fourth-order valence-electron chi connectivity index (χ4n) is 4.22. The van der Waals surface area contributed by atoms with Crippen LogP contribution >= 0.6 is 23.2 Å². The van der Waals surface area contributed by atoms with Crippen LogP contribution in [-0.4, -0.2) is 35.3 Å². The zero-order valence-electron chi connectivity index (χ0n) is 17.9. The second kappa shape index (κ2) is 11.5. The molecule has 1 aliphatic carbocycles. The van der Waals surface area contributed by atoms with E-state index in [-0.39, 0.29) is 24.3 Å². The molecule has 3 rings (SSSR count). The third kappa shape index (κ3) is 6.47. The second-order valence-electron chi connectivity index (χ2n) is 8.11. The Morgan fingerprint density at radius 2 is 1.68 bits per heavy atom. The van der Waals surface area contributed by atoms with Crippen molar-refractivity contribution in [1.82, 2.24) is 10.2 Å². The largest absolute Gasteiger partial charge is 0.352 e. The van der Waals surface area contributed by atoms with Gasteiger partial charge < -0.3 is 10.2 Å². The summed E-state index contributed by atoms with van der Waals surface area (Å²) < 4.78 is 0. The zero-order chi connectivity index (χ0) is 22.2. The number of amides is 2. The van der Waals surface area contributed by atoms with Crippen molar-refractivity contribution in [3.8, 4) is 0 Å². The van der Waals surface area contributed by atoms with Crippen LogP contribution in [0.25, 0.3) is 0 Å². The minimum absolute atomic E-state index is 0.0685. The molecular formula is C25H30Cl2N2O2. The molecule has 2 aromatic carbocycles. The summed E-state index contributed by atoms with van der Waals surface area (Å²) in [6, 6.07) is 14.9. The average Bonchev–Trinajstić information content (AvgIpc) is 3.27. The molecule has 1 atom stereocenters. The monoisotopic (exact) mass is 460 g/mol. The molecule has 0 spiro atoms. The van der Waals surface area contributed by atoms with Gasteiger partial charge in [0, 0.05) is 22.6 Å². The van der Waals surface area contributed by atoms with E-state index in [0.29, 0.717) is 35.0 Å². The van der Waals surface area contributed by atoms with E-state index in [1.807, 2.05) is 37.3 Å². The maximum absolute atomic E-state index is 13.4. The fourth-order valence-corrected chi connectivity index (χ4v) is 4.75. The summed E-state index contributed by atoms with van der Waals surface area (Å²) >= 11 is 12.6. The number of nitrogens with one attached hydrogen (secondary N) is 1. The Kier molecular flexibility index (Phi) is 8.79. The summed E-state index contributed by atoms with van der Waals surface area (Å²) in [6.45, 7) is 2.41. The van der Waals surface area contributed by atoms with Crippen molar-refractivity contribution >= 4 is 35.0 Å². The number of hydrogen-bond acceptors (Lipinski definition) is 2. The Morgan fingerprint density at radius 3 is 2.29 bits per heavy atom. The summed E-state index contributed by atoms with van der Waals surface area (Å²) in [6.07, 6.45) is 5.60. The summed E-state index contributed by atoms with van der Waals surface area (Å²) in [7, 11) is 0. The molecular weight excluding hydrogens is 431 g/mol. The van der Waals surface area contributed by atoms with E-state index in [1.165, 1.54) is 0 Å². The van der Waals surface area contributed by atoms with Gasteiger partial charge in [0.05, 0.1) is 6.42 Å². The lowest BCUT2D eigenvalue weighted by Gasteiger charge is -2.31.